The molecule has 13 heteroatoms. The first kappa shape index (κ1) is 42.9. The molecule has 1 aliphatic carbocycles. The molecule has 0 spiro atoms. The number of hydrogen-bond donors (Lipinski definition) is 4. The van der Waals surface area contributed by atoms with Gasteiger partial charge in [-0.2, -0.15) is 0 Å². The standard InChI is InChI=1S/C48H58N6O7/c1-47(2,3)60-45(57)53-24-10-14-38(53)43(55)51-36-26-31(18-22-34(36)49)41-40(30-16-20-33(21-17-30)59-28-29-12-8-7-9-13-29)42(41)32-19-23-35(50)37(27-32)52-44(56)39-15-11-25-54(39)46(58)61-48(4,5)6/h7-9,12-13,16-23,26-27,38-42H,10-11,14-15,24-25,28,49-50H2,1-6H3,(H,51,55)(H,52,56)/t38-,39-,40?,41?,42?/m0/s1. The third-order valence-electron chi connectivity index (χ3n) is 11.3. The Labute approximate surface area is 358 Å². The number of hydrogen-bond acceptors (Lipinski definition) is 9. The summed E-state index contributed by atoms with van der Waals surface area (Å²) in [5, 5.41) is 6.05. The number of anilines is 4. The first-order valence-corrected chi connectivity index (χ1v) is 21.1. The highest BCUT2D eigenvalue weighted by molar-refractivity contribution is 6.00. The molecule has 2 heterocycles. The minimum atomic E-state index is -0.692. The Morgan fingerprint density at radius 1 is 0.607 bits per heavy atom. The number of likely N-dealkylation sites (tertiary alicyclic amines) is 2. The molecule has 61 heavy (non-hydrogen) atoms. The predicted octanol–water partition coefficient (Wildman–Crippen LogP) is 8.77. The van der Waals surface area contributed by atoms with Gasteiger partial charge in [-0.1, -0.05) is 54.6 Å². The van der Waals surface area contributed by atoms with E-state index in [-0.39, 0.29) is 29.6 Å². The molecule has 13 nitrogen and oxygen atoms in total. The van der Waals surface area contributed by atoms with Crippen LogP contribution in [0.4, 0.5) is 32.3 Å². The fourth-order valence-corrected chi connectivity index (χ4v) is 8.45. The van der Waals surface area contributed by atoms with Crippen LogP contribution in [0.15, 0.2) is 91.0 Å². The average molecular weight is 831 g/mol. The lowest BCUT2D eigenvalue weighted by molar-refractivity contribution is -0.121. The van der Waals surface area contributed by atoms with E-state index in [0.29, 0.717) is 68.1 Å². The van der Waals surface area contributed by atoms with Gasteiger partial charge < -0.3 is 36.3 Å². The largest absolute Gasteiger partial charge is 0.489 e. The lowest BCUT2D eigenvalue weighted by atomic mass is 10.0. The maximum atomic E-state index is 13.8. The van der Waals surface area contributed by atoms with Gasteiger partial charge in [-0.25, -0.2) is 9.59 Å². The van der Waals surface area contributed by atoms with Gasteiger partial charge in [0.2, 0.25) is 11.8 Å². The number of carbonyl (C=O) groups excluding carboxylic acids is 4. The van der Waals surface area contributed by atoms with E-state index in [1.165, 1.54) is 9.80 Å². The van der Waals surface area contributed by atoms with Gasteiger partial charge in [-0.3, -0.25) is 19.4 Å². The van der Waals surface area contributed by atoms with Crippen LogP contribution in [0.5, 0.6) is 5.75 Å². The molecule has 2 unspecified atom stereocenters. The molecule has 0 aromatic heterocycles. The third-order valence-corrected chi connectivity index (χ3v) is 11.3. The minimum Gasteiger partial charge on any atom is -0.489 e. The fraction of sp³-hybridized carbons (Fsp3) is 0.417. The highest BCUT2D eigenvalue weighted by Gasteiger charge is 2.53. The second-order valence-corrected chi connectivity index (χ2v) is 18.3. The Morgan fingerprint density at radius 2 is 1.03 bits per heavy atom. The van der Waals surface area contributed by atoms with Crippen LogP contribution < -0.4 is 26.8 Å². The average Bonchev–Trinajstić information content (AvgIpc) is 3.49. The topological polar surface area (TPSA) is 179 Å². The molecule has 0 radical (unpaired) electrons. The lowest BCUT2D eigenvalue weighted by Gasteiger charge is -2.28. The van der Waals surface area contributed by atoms with E-state index in [4.69, 9.17) is 25.7 Å². The number of nitrogens with one attached hydrogen (secondary N) is 2. The maximum Gasteiger partial charge on any atom is 0.410 e. The number of nitrogens with zero attached hydrogens (tertiary/aromatic N) is 2. The van der Waals surface area contributed by atoms with E-state index in [0.717, 1.165) is 28.0 Å². The Morgan fingerprint density at radius 3 is 1.48 bits per heavy atom. The van der Waals surface area contributed by atoms with E-state index in [1.54, 1.807) is 53.7 Å². The molecule has 322 valence electrons. The summed E-state index contributed by atoms with van der Waals surface area (Å²) in [6, 6.07) is 28.1. The molecule has 1 saturated carbocycles. The zero-order valence-corrected chi connectivity index (χ0v) is 35.9. The van der Waals surface area contributed by atoms with Gasteiger partial charge in [-0.05, 0) is 144 Å². The van der Waals surface area contributed by atoms with E-state index in [1.807, 2.05) is 66.7 Å². The van der Waals surface area contributed by atoms with Gasteiger partial charge in [0, 0.05) is 13.1 Å². The molecular formula is C48H58N6O7. The predicted molar refractivity (Wildman–Crippen MR) is 236 cm³/mol. The van der Waals surface area contributed by atoms with Gasteiger partial charge in [0.25, 0.3) is 0 Å². The van der Waals surface area contributed by atoms with Crippen LogP contribution >= 0.6 is 0 Å². The lowest BCUT2D eigenvalue weighted by Crippen LogP contribution is -2.45. The number of benzene rings is 4. The third kappa shape index (κ3) is 10.2. The van der Waals surface area contributed by atoms with Crippen LogP contribution in [0.2, 0.25) is 0 Å². The molecule has 3 fully saturated rings. The van der Waals surface area contributed by atoms with Crippen LogP contribution in [-0.2, 0) is 25.7 Å². The zero-order chi connectivity index (χ0) is 43.6. The summed E-state index contributed by atoms with van der Waals surface area (Å²) in [6.45, 7) is 12.1. The highest BCUT2D eigenvalue weighted by atomic mass is 16.6. The van der Waals surface area contributed by atoms with Crippen LogP contribution in [0.1, 0.15) is 107 Å². The molecule has 6 N–H and O–H groups in total. The first-order chi connectivity index (χ1) is 29.0. The second kappa shape index (κ2) is 17.4. The van der Waals surface area contributed by atoms with Crippen molar-refractivity contribution in [1.82, 2.24) is 9.80 Å². The first-order valence-electron chi connectivity index (χ1n) is 21.1. The maximum absolute atomic E-state index is 13.8. The van der Waals surface area contributed by atoms with Crippen molar-refractivity contribution in [2.24, 2.45) is 0 Å². The summed E-state index contributed by atoms with van der Waals surface area (Å²) in [5.41, 5.74) is 17.4. The van der Waals surface area contributed by atoms with E-state index < -0.39 is 35.5 Å². The van der Waals surface area contributed by atoms with Crippen molar-refractivity contribution in [3.63, 3.8) is 0 Å². The van der Waals surface area contributed by atoms with Crippen molar-refractivity contribution in [1.29, 1.82) is 0 Å². The Balaban J connectivity index is 1.14. The van der Waals surface area contributed by atoms with Gasteiger partial charge >= 0.3 is 12.2 Å². The number of nitrogens with two attached hydrogens (primary N) is 2. The van der Waals surface area contributed by atoms with Crippen LogP contribution in [0.25, 0.3) is 0 Å². The summed E-state index contributed by atoms with van der Waals surface area (Å²) in [7, 11) is 0. The summed E-state index contributed by atoms with van der Waals surface area (Å²) in [4.78, 5) is 56.5. The normalized spacial score (nSPS) is 21.1. The monoisotopic (exact) mass is 830 g/mol. The molecule has 4 atom stereocenters. The molecule has 7 rings (SSSR count). The van der Waals surface area contributed by atoms with Crippen molar-refractivity contribution in [2.45, 2.75) is 115 Å². The number of ether oxygens (including phenoxy) is 3. The number of rotatable bonds is 10. The highest BCUT2D eigenvalue weighted by Crippen LogP contribution is 2.66. The van der Waals surface area contributed by atoms with Crippen molar-refractivity contribution >= 4 is 46.8 Å². The quantitative estimate of drug-likeness (QED) is 0.114. The fourth-order valence-electron chi connectivity index (χ4n) is 8.45. The van der Waals surface area contributed by atoms with Gasteiger partial charge in [0.15, 0.2) is 0 Å². The van der Waals surface area contributed by atoms with Crippen LogP contribution in [-0.4, -0.2) is 70.2 Å². The SMILES string of the molecule is CC(C)(C)OC(=O)N1CCC[C@H]1C(=O)Nc1cc(C2C(c3ccc(OCc4ccccc4)cc3)C2c2ccc(N)c(NC(=O)[C@@H]3CCCN3C(=O)OC(C)(C)C)c2)ccc1N. The van der Waals surface area contributed by atoms with Gasteiger partial charge in [0.1, 0.15) is 35.6 Å². The number of carbonyl (C=O) groups is 4. The molecular weight excluding hydrogens is 773 g/mol. The number of nitrogen functional groups attached to an aromatic ring is 2. The van der Waals surface area contributed by atoms with Gasteiger partial charge in [-0.15, -0.1) is 0 Å². The smallest absolute Gasteiger partial charge is 0.410 e. The van der Waals surface area contributed by atoms with Crippen LogP contribution in [0, 0.1) is 0 Å². The second-order valence-electron chi connectivity index (χ2n) is 18.3. The van der Waals surface area contributed by atoms with Crippen molar-refractivity contribution < 1.29 is 33.4 Å². The minimum absolute atomic E-state index is 0.0116. The number of amides is 4. The van der Waals surface area contributed by atoms with E-state index >= 15 is 0 Å². The summed E-state index contributed by atoms with van der Waals surface area (Å²) in [6.07, 6.45) is 1.35. The van der Waals surface area contributed by atoms with E-state index in [9.17, 15) is 19.2 Å². The molecule has 3 aliphatic rings. The summed E-state index contributed by atoms with van der Waals surface area (Å²) < 4.78 is 17.3. The Hall–Kier alpha value is -6.24. The van der Waals surface area contributed by atoms with Gasteiger partial charge in [0.05, 0.1) is 22.7 Å². The molecule has 4 aromatic rings. The molecule has 2 aliphatic heterocycles. The zero-order valence-electron chi connectivity index (χ0n) is 35.9. The summed E-state index contributed by atoms with van der Waals surface area (Å²) in [5.74, 6) is 0.0271. The van der Waals surface area contributed by atoms with Crippen LogP contribution in [0.3, 0.4) is 0 Å². The Bertz CT molecular complexity index is 2140. The van der Waals surface area contributed by atoms with Crippen molar-refractivity contribution in [3.8, 4) is 5.75 Å². The Kier molecular flexibility index (Phi) is 12.2. The van der Waals surface area contributed by atoms with E-state index in [2.05, 4.69) is 22.8 Å². The van der Waals surface area contributed by atoms with Crippen molar-refractivity contribution in [2.75, 3.05) is 35.2 Å². The van der Waals surface area contributed by atoms with Crippen molar-refractivity contribution in [3.05, 3.63) is 113 Å². The molecule has 2 saturated heterocycles. The molecule has 0 bridgehead atoms. The molecule has 4 amide bonds. The molecule has 4 aromatic carbocycles. The summed E-state index contributed by atoms with van der Waals surface area (Å²) >= 11 is 0.